The van der Waals surface area contributed by atoms with Crippen molar-refractivity contribution in [1.82, 2.24) is 9.88 Å². The summed E-state index contributed by atoms with van der Waals surface area (Å²) in [5.74, 6) is -0.792. The van der Waals surface area contributed by atoms with E-state index in [1.54, 1.807) is 0 Å². The molecule has 4 nitrogen and oxygen atoms in total. The second kappa shape index (κ2) is 7.64. The molecule has 0 aliphatic heterocycles. The molecule has 4 heteroatoms. The first-order valence-electron chi connectivity index (χ1n) is 7.33. The van der Waals surface area contributed by atoms with E-state index in [0.717, 1.165) is 30.6 Å². The first kappa shape index (κ1) is 15.3. The van der Waals surface area contributed by atoms with E-state index in [1.165, 1.54) is 5.56 Å². The van der Waals surface area contributed by atoms with Gasteiger partial charge in [0.05, 0.1) is 6.42 Å². The summed E-state index contributed by atoms with van der Waals surface area (Å²) in [4.78, 5) is 10.9. The van der Waals surface area contributed by atoms with Gasteiger partial charge in [-0.25, -0.2) is 0 Å². The molecule has 0 saturated heterocycles. The molecule has 0 spiro atoms. The van der Waals surface area contributed by atoms with E-state index in [-0.39, 0.29) is 6.42 Å². The summed E-state index contributed by atoms with van der Waals surface area (Å²) in [5, 5.41) is 12.3. The summed E-state index contributed by atoms with van der Waals surface area (Å²) in [5.41, 5.74) is 3.19. The van der Waals surface area contributed by atoms with Crippen LogP contribution in [0.5, 0.6) is 0 Å². The van der Waals surface area contributed by atoms with Gasteiger partial charge < -0.3 is 15.0 Å². The highest BCUT2D eigenvalue weighted by atomic mass is 16.4. The standard InChI is InChI=1S/C17H22N2O2/c1-2-8-18-11-14-7-9-19(12-14)13-16-6-4-3-5-15(16)10-17(20)21/h3-7,9,12,18H,2,8,10-11,13H2,1H3,(H,20,21). The first-order chi connectivity index (χ1) is 10.2. The summed E-state index contributed by atoms with van der Waals surface area (Å²) in [6.07, 6.45) is 5.35. The van der Waals surface area contributed by atoms with Gasteiger partial charge in [-0.05, 0) is 35.7 Å². The van der Waals surface area contributed by atoms with Crippen molar-refractivity contribution in [1.29, 1.82) is 0 Å². The molecule has 0 atom stereocenters. The number of hydrogen-bond donors (Lipinski definition) is 2. The molecule has 0 aliphatic rings. The number of nitrogens with one attached hydrogen (secondary N) is 1. The van der Waals surface area contributed by atoms with Crippen LogP contribution in [-0.4, -0.2) is 22.2 Å². The van der Waals surface area contributed by atoms with Crippen LogP contribution >= 0.6 is 0 Å². The van der Waals surface area contributed by atoms with Crippen molar-refractivity contribution >= 4 is 5.97 Å². The van der Waals surface area contributed by atoms with Crippen LogP contribution in [0, 0.1) is 0 Å². The lowest BCUT2D eigenvalue weighted by Crippen LogP contribution is -2.13. The molecule has 0 amide bonds. The minimum Gasteiger partial charge on any atom is -0.481 e. The third kappa shape index (κ3) is 4.76. The molecule has 1 aromatic carbocycles. The van der Waals surface area contributed by atoms with Gasteiger partial charge in [-0.15, -0.1) is 0 Å². The molecular formula is C17H22N2O2. The monoisotopic (exact) mass is 286 g/mol. The molecular weight excluding hydrogens is 264 g/mol. The van der Waals surface area contributed by atoms with Gasteiger partial charge in [0.15, 0.2) is 0 Å². The lowest BCUT2D eigenvalue weighted by atomic mass is 10.0. The fourth-order valence-corrected chi connectivity index (χ4v) is 2.35. The highest BCUT2D eigenvalue weighted by molar-refractivity contribution is 5.70. The van der Waals surface area contributed by atoms with Gasteiger partial charge in [0.2, 0.25) is 0 Å². The number of aromatic nitrogens is 1. The quantitative estimate of drug-likeness (QED) is 0.734. The Bertz CT molecular complexity index is 590. The second-order valence-electron chi connectivity index (χ2n) is 5.21. The summed E-state index contributed by atoms with van der Waals surface area (Å²) in [6.45, 7) is 4.75. The fourth-order valence-electron chi connectivity index (χ4n) is 2.35. The Hall–Kier alpha value is -2.07. The second-order valence-corrected chi connectivity index (χ2v) is 5.21. The van der Waals surface area contributed by atoms with Crippen molar-refractivity contribution in [2.24, 2.45) is 0 Å². The van der Waals surface area contributed by atoms with E-state index >= 15 is 0 Å². The summed E-state index contributed by atoms with van der Waals surface area (Å²) >= 11 is 0. The van der Waals surface area contributed by atoms with Crippen LogP contribution in [-0.2, 0) is 24.3 Å². The molecule has 0 aliphatic carbocycles. The van der Waals surface area contributed by atoms with E-state index in [0.29, 0.717) is 6.54 Å². The smallest absolute Gasteiger partial charge is 0.307 e. The number of hydrogen-bond acceptors (Lipinski definition) is 2. The summed E-state index contributed by atoms with van der Waals surface area (Å²) in [7, 11) is 0. The maximum Gasteiger partial charge on any atom is 0.307 e. The minimum absolute atomic E-state index is 0.0718. The van der Waals surface area contributed by atoms with Crippen molar-refractivity contribution in [2.45, 2.75) is 32.9 Å². The highest BCUT2D eigenvalue weighted by Crippen LogP contribution is 2.13. The molecule has 0 unspecified atom stereocenters. The lowest BCUT2D eigenvalue weighted by Gasteiger charge is -2.08. The topological polar surface area (TPSA) is 54.3 Å². The van der Waals surface area contributed by atoms with Crippen LogP contribution < -0.4 is 5.32 Å². The zero-order chi connectivity index (χ0) is 15.1. The largest absolute Gasteiger partial charge is 0.481 e. The van der Waals surface area contributed by atoms with E-state index in [9.17, 15) is 4.79 Å². The molecule has 0 bridgehead atoms. The lowest BCUT2D eigenvalue weighted by molar-refractivity contribution is -0.136. The fraction of sp³-hybridized carbons (Fsp3) is 0.353. The molecule has 0 radical (unpaired) electrons. The van der Waals surface area contributed by atoms with Crippen molar-refractivity contribution in [3.63, 3.8) is 0 Å². The van der Waals surface area contributed by atoms with E-state index in [1.807, 2.05) is 30.5 Å². The molecule has 1 aromatic heterocycles. The Morgan fingerprint density at radius 1 is 1.24 bits per heavy atom. The Kier molecular flexibility index (Phi) is 5.58. The number of benzene rings is 1. The van der Waals surface area contributed by atoms with Gasteiger partial charge in [0.1, 0.15) is 0 Å². The number of carboxylic acid groups (broad SMARTS) is 1. The Labute approximate surface area is 125 Å². The van der Waals surface area contributed by atoms with Gasteiger partial charge in [0, 0.05) is 25.5 Å². The molecule has 1 heterocycles. The number of rotatable bonds is 8. The van der Waals surface area contributed by atoms with Crippen molar-refractivity contribution in [3.8, 4) is 0 Å². The number of aliphatic carboxylic acids is 1. The molecule has 112 valence electrons. The normalized spacial score (nSPS) is 10.7. The van der Waals surface area contributed by atoms with Gasteiger partial charge in [-0.1, -0.05) is 31.2 Å². The number of nitrogens with zero attached hydrogens (tertiary/aromatic N) is 1. The Morgan fingerprint density at radius 2 is 2.00 bits per heavy atom. The predicted molar refractivity (Wildman–Crippen MR) is 83.3 cm³/mol. The van der Waals surface area contributed by atoms with Crippen LogP contribution in [0.1, 0.15) is 30.0 Å². The van der Waals surface area contributed by atoms with E-state index in [2.05, 4.69) is 29.1 Å². The SMILES string of the molecule is CCCNCc1ccn(Cc2ccccc2CC(=O)O)c1. The minimum atomic E-state index is -0.792. The van der Waals surface area contributed by atoms with Gasteiger partial charge >= 0.3 is 5.97 Å². The molecule has 0 fully saturated rings. The molecule has 0 saturated carbocycles. The zero-order valence-corrected chi connectivity index (χ0v) is 12.4. The van der Waals surface area contributed by atoms with Crippen LogP contribution in [0.25, 0.3) is 0 Å². The van der Waals surface area contributed by atoms with Crippen molar-refractivity contribution < 1.29 is 9.90 Å². The van der Waals surface area contributed by atoms with Crippen LogP contribution in [0.15, 0.2) is 42.7 Å². The van der Waals surface area contributed by atoms with E-state index < -0.39 is 5.97 Å². The average molecular weight is 286 g/mol. The molecule has 2 rings (SSSR count). The van der Waals surface area contributed by atoms with Crippen LogP contribution in [0.4, 0.5) is 0 Å². The molecule has 2 aromatic rings. The van der Waals surface area contributed by atoms with Crippen LogP contribution in [0.3, 0.4) is 0 Å². The molecule has 21 heavy (non-hydrogen) atoms. The number of carbonyl (C=O) groups is 1. The first-order valence-corrected chi connectivity index (χ1v) is 7.33. The van der Waals surface area contributed by atoms with Crippen molar-refractivity contribution in [2.75, 3.05) is 6.54 Å². The zero-order valence-electron chi connectivity index (χ0n) is 12.4. The number of carboxylic acids is 1. The maximum atomic E-state index is 10.9. The van der Waals surface area contributed by atoms with Crippen molar-refractivity contribution in [3.05, 3.63) is 59.4 Å². The Balaban J connectivity index is 2.03. The Morgan fingerprint density at radius 3 is 2.71 bits per heavy atom. The third-order valence-electron chi connectivity index (χ3n) is 3.38. The average Bonchev–Trinajstić information content (AvgIpc) is 2.88. The summed E-state index contributed by atoms with van der Waals surface area (Å²) in [6, 6.07) is 9.82. The summed E-state index contributed by atoms with van der Waals surface area (Å²) < 4.78 is 2.10. The highest BCUT2D eigenvalue weighted by Gasteiger charge is 2.07. The maximum absolute atomic E-state index is 10.9. The third-order valence-corrected chi connectivity index (χ3v) is 3.38. The van der Waals surface area contributed by atoms with Crippen LogP contribution in [0.2, 0.25) is 0 Å². The van der Waals surface area contributed by atoms with Gasteiger partial charge in [-0.2, -0.15) is 0 Å². The van der Waals surface area contributed by atoms with E-state index in [4.69, 9.17) is 5.11 Å². The predicted octanol–water partition coefficient (Wildman–Crippen LogP) is 2.66. The van der Waals surface area contributed by atoms with Gasteiger partial charge in [-0.3, -0.25) is 4.79 Å². The molecule has 2 N–H and O–H groups in total. The van der Waals surface area contributed by atoms with Gasteiger partial charge in [0.25, 0.3) is 0 Å².